The van der Waals surface area contributed by atoms with Gasteiger partial charge in [-0.25, -0.2) is 0 Å². The third-order valence-electron chi connectivity index (χ3n) is 1.81. The van der Waals surface area contributed by atoms with Crippen molar-refractivity contribution >= 4 is 12.2 Å². The minimum atomic E-state index is -0.201. The summed E-state index contributed by atoms with van der Waals surface area (Å²) < 4.78 is 0. The van der Waals surface area contributed by atoms with Crippen LogP contribution in [0.15, 0.2) is 18.2 Å². The highest BCUT2D eigenvalue weighted by Crippen LogP contribution is 2.16. The zero-order chi connectivity index (χ0) is 10.7. The number of hydrogen-bond acceptors (Lipinski definition) is 3. The number of carbonyl (C=O) groups is 2. The van der Waals surface area contributed by atoms with Gasteiger partial charge in [-0.1, -0.05) is 0 Å². The summed E-state index contributed by atoms with van der Waals surface area (Å²) in [6.07, 6.45) is 0.516. The van der Waals surface area contributed by atoms with Gasteiger partial charge in [-0.3, -0.25) is 9.59 Å². The van der Waals surface area contributed by atoms with Crippen LogP contribution >= 0.6 is 0 Å². The molecule has 0 heterocycles. The van der Waals surface area contributed by atoms with Gasteiger partial charge in [0.15, 0.2) is 6.29 Å². The average Bonchev–Trinajstić information content (AvgIpc) is 2.17. The summed E-state index contributed by atoms with van der Waals surface area (Å²) in [6.45, 7) is 0. The molecule has 0 aliphatic heterocycles. The summed E-state index contributed by atoms with van der Waals surface area (Å²) >= 11 is 0. The smallest absolute Gasteiger partial charge is 0.253 e. The number of aromatic hydroxyl groups is 1. The van der Waals surface area contributed by atoms with Gasteiger partial charge in [0.25, 0.3) is 5.91 Å². The van der Waals surface area contributed by atoms with Crippen molar-refractivity contribution in [3.8, 4) is 5.75 Å². The lowest BCUT2D eigenvalue weighted by molar-refractivity contribution is 0.0827. The maximum atomic E-state index is 11.5. The first-order valence-corrected chi connectivity index (χ1v) is 4.06. The monoisotopic (exact) mass is 193 g/mol. The van der Waals surface area contributed by atoms with Crippen LogP contribution in [0.3, 0.4) is 0 Å². The van der Waals surface area contributed by atoms with Gasteiger partial charge in [0, 0.05) is 19.7 Å². The summed E-state index contributed by atoms with van der Waals surface area (Å²) in [5, 5.41) is 9.20. The second-order valence-electron chi connectivity index (χ2n) is 3.09. The van der Waals surface area contributed by atoms with Crippen molar-refractivity contribution in [3.63, 3.8) is 0 Å². The van der Waals surface area contributed by atoms with Gasteiger partial charge in [0.2, 0.25) is 0 Å². The van der Waals surface area contributed by atoms with Gasteiger partial charge in [0.05, 0.1) is 5.56 Å². The van der Waals surface area contributed by atoms with E-state index in [1.807, 2.05) is 0 Å². The molecule has 0 saturated heterocycles. The molecule has 1 N–H and O–H groups in total. The second kappa shape index (κ2) is 3.91. The van der Waals surface area contributed by atoms with Gasteiger partial charge < -0.3 is 10.0 Å². The molecule has 1 aromatic rings. The summed E-state index contributed by atoms with van der Waals surface area (Å²) in [5.74, 6) is -0.316. The van der Waals surface area contributed by atoms with Crippen molar-refractivity contribution in [3.05, 3.63) is 29.3 Å². The van der Waals surface area contributed by atoms with E-state index in [2.05, 4.69) is 0 Å². The molecule has 74 valence electrons. The largest absolute Gasteiger partial charge is 0.507 e. The minimum absolute atomic E-state index is 0.115. The average molecular weight is 193 g/mol. The topological polar surface area (TPSA) is 57.6 Å². The highest BCUT2D eigenvalue weighted by molar-refractivity contribution is 5.96. The minimum Gasteiger partial charge on any atom is -0.507 e. The van der Waals surface area contributed by atoms with E-state index in [1.165, 1.54) is 23.1 Å². The van der Waals surface area contributed by atoms with Gasteiger partial charge in [-0.15, -0.1) is 0 Å². The Morgan fingerprint density at radius 2 is 2.07 bits per heavy atom. The molecule has 0 bridgehead atoms. The van der Waals surface area contributed by atoms with Crippen LogP contribution in [0.25, 0.3) is 0 Å². The van der Waals surface area contributed by atoms with Gasteiger partial charge in [0.1, 0.15) is 5.75 Å². The van der Waals surface area contributed by atoms with Crippen molar-refractivity contribution in [1.29, 1.82) is 0 Å². The second-order valence-corrected chi connectivity index (χ2v) is 3.09. The van der Waals surface area contributed by atoms with Gasteiger partial charge in [-0.05, 0) is 18.2 Å². The Balaban J connectivity index is 3.12. The Bertz CT molecular complexity index is 372. The fourth-order valence-electron chi connectivity index (χ4n) is 1.04. The quantitative estimate of drug-likeness (QED) is 0.710. The molecule has 0 unspecified atom stereocenters. The molecule has 0 saturated carbocycles. The summed E-state index contributed by atoms with van der Waals surface area (Å²) in [5.41, 5.74) is 0.507. The third-order valence-corrected chi connectivity index (χ3v) is 1.81. The van der Waals surface area contributed by atoms with Gasteiger partial charge in [-0.2, -0.15) is 0 Å². The van der Waals surface area contributed by atoms with E-state index in [9.17, 15) is 14.7 Å². The van der Waals surface area contributed by atoms with E-state index in [0.29, 0.717) is 11.8 Å². The fraction of sp³-hybridized carbons (Fsp3) is 0.200. The molecule has 1 rings (SSSR count). The molecule has 14 heavy (non-hydrogen) atoms. The predicted molar refractivity (Wildman–Crippen MR) is 51.5 cm³/mol. The first-order valence-electron chi connectivity index (χ1n) is 4.06. The zero-order valence-corrected chi connectivity index (χ0v) is 8.02. The fourth-order valence-corrected chi connectivity index (χ4v) is 1.04. The van der Waals surface area contributed by atoms with Gasteiger partial charge >= 0.3 is 0 Å². The summed E-state index contributed by atoms with van der Waals surface area (Å²) in [4.78, 5) is 23.3. The van der Waals surface area contributed by atoms with E-state index >= 15 is 0 Å². The standard InChI is InChI=1S/C10H11NO3/c1-11(2)10(14)7-3-4-9(13)8(5-7)6-12/h3-6,13H,1-2H3. The van der Waals surface area contributed by atoms with E-state index < -0.39 is 0 Å². The Morgan fingerprint density at radius 3 is 2.57 bits per heavy atom. The zero-order valence-electron chi connectivity index (χ0n) is 8.02. The van der Waals surface area contributed by atoms with Crippen LogP contribution < -0.4 is 0 Å². The van der Waals surface area contributed by atoms with Crippen LogP contribution in [0.5, 0.6) is 5.75 Å². The van der Waals surface area contributed by atoms with Crippen LogP contribution in [0.1, 0.15) is 20.7 Å². The number of amides is 1. The number of carbonyl (C=O) groups excluding carboxylic acids is 2. The molecule has 4 nitrogen and oxygen atoms in total. The van der Waals surface area contributed by atoms with E-state index in [1.54, 1.807) is 14.1 Å². The molecule has 0 atom stereocenters. The molecule has 0 fully saturated rings. The first kappa shape index (κ1) is 10.2. The number of phenolic OH excluding ortho intramolecular Hbond substituents is 1. The number of benzene rings is 1. The predicted octanol–water partition coefficient (Wildman–Crippen LogP) is 0.907. The lowest BCUT2D eigenvalue weighted by Gasteiger charge is -2.10. The van der Waals surface area contributed by atoms with Crippen LogP contribution in [0, 0.1) is 0 Å². The molecule has 0 spiro atoms. The Morgan fingerprint density at radius 1 is 1.43 bits per heavy atom. The number of nitrogens with zero attached hydrogens (tertiary/aromatic N) is 1. The first-order chi connectivity index (χ1) is 6.56. The van der Waals surface area contributed by atoms with Crippen molar-refractivity contribution in [2.75, 3.05) is 14.1 Å². The molecular weight excluding hydrogens is 182 g/mol. The lowest BCUT2D eigenvalue weighted by atomic mass is 10.1. The SMILES string of the molecule is CN(C)C(=O)c1ccc(O)c(C=O)c1. The van der Waals surface area contributed by atoms with E-state index in [4.69, 9.17) is 0 Å². The molecule has 0 aromatic heterocycles. The molecule has 0 radical (unpaired) electrons. The van der Waals surface area contributed by atoms with Crippen LogP contribution in [-0.4, -0.2) is 36.3 Å². The van der Waals surface area contributed by atoms with Crippen LogP contribution in [0.4, 0.5) is 0 Å². The molecule has 0 aliphatic rings. The van der Waals surface area contributed by atoms with E-state index in [-0.39, 0.29) is 17.2 Å². The van der Waals surface area contributed by atoms with E-state index in [0.717, 1.165) is 0 Å². The maximum absolute atomic E-state index is 11.5. The van der Waals surface area contributed by atoms with Crippen molar-refractivity contribution in [2.45, 2.75) is 0 Å². The highest BCUT2D eigenvalue weighted by atomic mass is 16.3. The third kappa shape index (κ3) is 1.90. The molecule has 1 amide bonds. The molecular formula is C10H11NO3. The number of hydrogen-bond donors (Lipinski definition) is 1. The molecule has 4 heteroatoms. The highest BCUT2D eigenvalue weighted by Gasteiger charge is 2.10. The van der Waals surface area contributed by atoms with Crippen molar-refractivity contribution in [1.82, 2.24) is 4.90 Å². The number of rotatable bonds is 2. The lowest BCUT2D eigenvalue weighted by Crippen LogP contribution is -2.21. The van der Waals surface area contributed by atoms with Crippen molar-refractivity contribution in [2.24, 2.45) is 0 Å². The Labute approximate surface area is 81.8 Å². The maximum Gasteiger partial charge on any atom is 0.253 e. The van der Waals surface area contributed by atoms with Crippen LogP contribution in [-0.2, 0) is 0 Å². The normalized spacial score (nSPS) is 9.57. The number of phenols is 1. The Hall–Kier alpha value is -1.84. The summed E-state index contributed by atoms with van der Waals surface area (Å²) in [6, 6.07) is 4.18. The molecule has 1 aromatic carbocycles. The van der Waals surface area contributed by atoms with Crippen LogP contribution in [0.2, 0.25) is 0 Å². The van der Waals surface area contributed by atoms with Crippen molar-refractivity contribution < 1.29 is 14.7 Å². The summed E-state index contributed by atoms with van der Waals surface area (Å²) in [7, 11) is 3.24. The number of aldehydes is 1. The Kier molecular flexibility index (Phi) is 2.86. The molecule has 0 aliphatic carbocycles.